The number of esters is 2. The summed E-state index contributed by atoms with van der Waals surface area (Å²) in [5.41, 5.74) is 0. The quantitative estimate of drug-likeness (QED) is 0.0195. The molecule has 0 aliphatic heterocycles. The molecule has 9 nitrogen and oxygen atoms in total. The normalized spacial score (nSPS) is 14.1. The zero-order valence-electron chi connectivity index (χ0n) is 56.2. The Balaban J connectivity index is 4.36. The monoisotopic (exact) mass is 1220 g/mol. The van der Waals surface area contributed by atoms with Gasteiger partial charge in [0.15, 0.2) is 12.4 Å². The van der Waals surface area contributed by atoms with Crippen molar-refractivity contribution >= 4 is 17.9 Å². The highest BCUT2D eigenvalue weighted by Gasteiger charge is 2.22. The predicted octanol–water partition coefficient (Wildman–Crippen LogP) is 20.0. The number of carbonyl (C=O) groups is 3. The number of carboxylic acids is 1. The Labute approximate surface area is 543 Å². The van der Waals surface area contributed by atoms with Crippen LogP contribution in [-0.4, -0.2) is 82.3 Å². The van der Waals surface area contributed by atoms with Gasteiger partial charge in [-0.2, -0.15) is 0 Å². The van der Waals surface area contributed by atoms with Crippen LogP contribution in [0, 0.1) is 0 Å². The minimum absolute atomic E-state index is 0.124. The molecular formula is C80H121NO8. The number of unbranched alkanes of at least 4 members (excludes halogenated alkanes) is 8. The second-order valence-electron chi connectivity index (χ2n) is 22.6. The molecule has 0 aliphatic rings. The van der Waals surface area contributed by atoms with E-state index in [2.05, 4.69) is 233 Å². The predicted molar refractivity (Wildman–Crippen MR) is 379 cm³/mol. The molecule has 2 atom stereocenters. The second-order valence-corrected chi connectivity index (χ2v) is 22.6. The topological polar surface area (TPSA) is 111 Å². The van der Waals surface area contributed by atoms with Crippen LogP contribution >= 0.6 is 0 Å². The number of hydrogen-bond donors (Lipinski definition) is 0. The van der Waals surface area contributed by atoms with Gasteiger partial charge in [-0.15, -0.1) is 0 Å². The highest BCUT2D eigenvalue weighted by molar-refractivity contribution is 5.70. The molecule has 0 radical (unpaired) electrons. The summed E-state index contributed by atoms with van der Waals surface area (Å²) < 4.78 is 22.7. The van der Waals surface area contributed by atoms with Gasteiger partial charge in [-0.25, -0.2) is 0 Å². The first-order valence-electron chi connectivity index (χ1n) is 33.9. The Morgan fingerprint density at radius 3 is 0.910 bits per heavy atom. The van der Waals surface area contributed by atoms with Crippen molar-refractivity contribution in [3.63, 3.8) is 0 Å². The Morgan fingerprint density at radius 1 is 0.337 bits per heavy atom. The molecule has 0 amide bonds. The van der Waals surface area contributed by atoms with Gasteiger partial charge < -0.3 is 33.3 Å². The summed E-state index contributed by atoms with van der Waals surface area (Å²) in [5, 5.41) is 11.8. The molecule has 0 spiro atoms. The summed E-state index contributed by atoms with van der Waals surface area (Å²) in [5.74, 6) is -2.39. The molecule has 494 valence electrons. The van der Waals surface area contributed by atoms with E-state index in [1.165, 1.54) is 0 Å². The lowest BCUT2D eigenvalue weighted by Gasteiger charge is -2.26. The van der Waals surface area contributed by atoms with Gasteiger partial charge in [-0.05, 0) is 154 Å². The third kappa shape index (κ3) is 69.0. The molecule has 0 N–H and O–H groups in total. The van der Waals surface area contributed by atoms with Crippen LogP contribution < -0.4 is 5.11 Å². The molecule has 0 rings (SSSR count). The molecular weight excluding hydrogens is 1100 g/mol. The molecule has 0 bridgehead atoms. The molecule has 0 aliphatic carbocycles. The number of carbonyl (C=O) groups excluding carboxylic acids is 3. The van der Waals surface area contributed by atoms with E-state index in [1.807, 2.05) is 21.1 Å². The summed E-state index contributed by atoms with van der Waals surface area (Å²) in [4.78, 5) is 37.5. The third-order valence-corrected chi connectivity index (χ3v) is 13.2. The van der Waals surface area contributed by atoms with Crippen molar-refractivity contribution in [2.75, 3.05) is 47.5 Å². The van der Waals surface area contributed by atoms with E-state index < -0.39 is 30.3 Å². The maximum atomic E-state index is 12.9. The molecule has 0 saturated heterocycles. The van der Waals surface area contributed by atoms with E-state index in [4.69, 9.17) is 18.9 Å². The van der Waals surface area contributed by atoms with E-state index in [9.17, 15) is 19.5 Å². The standard InChI is InChI=1S/C80H121NO8/c1-6-8-10-12-14-16-18-20-22-24-26-28-30-32-34-36-38-39-41-43-45-47-49-51-53-55-57-59-61-63-65-67-69-71-78(83)89-76(75-88-80(79(84)85)86-73-72-81(3,4)5)74-87-77(82)70-68-66-64-62-60-58-56-54-52-50-48-46-44-42-40-37-35-33-31-29-27-25-23-21-19-17-15-13-11-9-7-2/h8-11,14-17,20-23,26-29,32-35,38-40,42-43,45-46,48-49,51-52,54-55,57-58,60,76,80H,6-7,12-13,18-19,24-25,30-31,36-37,41,44,47,50,53,56,59,61-75H2,1-5H3/b10-8-,11-9-,16-14-,17-15-,22-20-,23-21-,28-26-,29-27-,34-32-,35-33-,39-38-,42-40-,45-43-,48-46-,51-49-,54-52-,57-55-,60-58-. The fourth-order valence-corrected chi connectivity index (χ4v) is 8.11. The summed E-state index contributed by atoms with van der Waals surface area (Å²) >= 11 is 0. The molecule has 0 aromatic rings. The van der Waals surface area contributed by atoms with Crippen LogP contribution in [-0.2, 0) is 33.3 Å². The number of ether oxygens (including phenoxy) is 4. The van der Waals surface area contributed by atoms with Crippen LogP contribution in [0.5, 0.6) is 0 Å². The molecule has 0 heterocycles. The van der Waals surface area contributed by atoms with Gasteiger partial charge in [-0.3, -0.25) is 9.59 Å². The zero-order valence-corrected chi connectivity index (χ0v) is 56.2. The van der Waals surface area contributed by atoms with Crippen LogP contribution in [0.2, 0.25) is 0 Å². The first kappa shape index (κ1) is 82.6. The second kappa shape index (κ2) is 67.5. The van der Waals surface area contributed by atoms with Gasteiger partial charge in [0.2, 0.25) is 0 Å². The first-order valence-corrected chi connectivity index (χ1v) is 33.9. The fraction of sp³-hybridized carbons (Fsp3) is 0.512. The highest BCUT2D eigenvalue weighted by Crippen LogP contribution is 2.12. The van der Waals surface area contributed by atoms with Crippen LogP contribution in [0.15, 0.2) is 219 Å². The van der Waals surface area contributed by atoms with Gasteiger partial charge in [0, 0.05) is 12.8 Å². The Bertz CT molecular complexity index is 2260. The van der Waals surface area contributed by atoms with Gasteiger partial charge in [0.1, 0.15) is 13.2 Å². The van der Waals surface area contributed by atoms with Crippen LogP contribution in [0.1, 0.15) is 206 Å². The number of likely N-dealkylation sites (N-methyl/N-ethyl adjacent to an activating group) is 1. The molecule has 9 heteroatoms. The van der Waals surface area contributed by atoms with E-state index in [0.29, 0.717) is 23.9 Å². The van der Waals surface area contributed by atoms with Crippen molar-refractivity contribution in [2.24, 2.45) is 0 Å². The molecule has 0 saturated carbocycles. The molecule has 0 aromatic heterocycles. The lowest BCUT2D eigenvalue weighted by atomic mass is 10.1. The smallest absolute Gasteiger partial charge is 0.306 e. The van der Waals surface area contributed by atoms with E-state index >= 15 is 0 Å². The first-order chi connectivity index (χ1) is 43.6. The van der Waals surface area contributed by atoms with Crippen molar-refractivity contribution in [2.45, 2.75) is 219 Å². The lowest BCUT2D eigenvalue weighted by molar-refractivity contribution is -0.870. The summed E-state index contributed by atoms with van der Waals surface area (Å²) in [6.07, 6.45) is 104. The maximum Gasteiger partial charge on any atom is 0.306 e. The minimum Gasteiger partial charge on any atom is -0.545 e. The van der Waals surface area contributed by atoms with Gasteiger partial charge in [0.05, 0.1) is 40.3 Å². The van der Waals surface area contributed by atoms with E-state index in [1.54, 1.807) is 0 Å². The number of quaternary nitrogens is 1. The van der Waals surface area contributed by atoms with Crippen molar-refractivity contribution in [1.82, 2.24) is 0 Å². The third-order valence-electron chi connectivity index (χ3n) is 13.2. The number of rotatable bonds is 59. The molecule has 2 unspecified atom stereocenters. The van der Waals surface area contributed by atoms with Crippen molar-refractivity contribution in [1.29, 1.82) is 0 Å². The number of aliphatic carboxylic acids is 1. The van der Waals surface area contributed by atoms with Crippen LogP contribution in [0.4, 0.5) is 0 Å². The van der Waals surface area contributed by atoms with E-state index in [0.717, 1.165) is 167 Å². The fourth-order valence-electron chi connectivity index (χ4n) is 8.11. The van der Waals surface area contributed by atoms with Crippen LogP contribution in [0.25, 0.3) is 0 Å². The Kier molecular flexibility index (Phi) is 62.7. The van der Waals surface area contributed by atoms with Crippen LogP contribution in [0.3, 0.4) is 0 Å². The average Bonchev–Trinajstić information content (AvgIpc) is 3.64. The van der Waals surface area contributed by atoms with Gasteiger partial charge >= 0.3 is 11.9 Å². The minimum atomic E-state index is -1.65. The van der Waals surface area contributed by atoms with E-state index in [-0.39, 0.29) is 32.7 Å². The SMILES string of the molecule is CC/C=C\C/C=C\C/C=C\C/C=C\C/C=C\C/C=C\C/C=C\C/C=C\C/C=C\CCCCCCCC(=O)OC(COC(=O)CCCCC/C=C\C/C=C\C/C=C\C/C=C\C/C=C\C/C=C\C/C=C\C/C=C\C/C=C\CC)COC(OCC[N+](C)(C)C)C(=O)[O-]. The zero-order chi connectivity index (χ0) is 64.7. The van der Waals surface area contributed by atoms with Crippen molar-refractivity contribution in [3.05, 3.63) is 219 Å². The number of carboxylic acid groups (broad SMARTS) is 1. The summed E-state index contributed by atoms with van der Waals surface area (Å²) in [6.45, 7) is 4.41. The number of nitrogens with zero attached hydrogens (tertiary/aromatic N) is 1. The Hall–Kier alpha value is -6.39. The molecule has 0 aromatic carbocycles. The highest BCUT2D eigenvalue weighted by atomic mass is 16.7. The molecule has 89 heavy (non-hydrogen) atoms. The van der Waals surface area contributed by atoms with Gasteiger partial charge in [0.25, 0.3) is 0 Å². The number of allylic oxidation sites excluding steroid dienone is 36. The largest absolute Gasteiger partial charge is 0.545 e. The van der Waals surface area contributed by atoms with Crippen molar-refractivity contribution < 1.29 is 42.9 Å². The van der Waals surface area contributed by atoms with Crippen molar-refractivity contribution in [3.8, 4) is 0 Å². The summed E-state index contributed by atoms with van der Waals surface area (Å²) in [6, 6.07) is 0. The summed E-state index contributed by atoms with van der Waals surface area (Å²) in [7, 11) is 5.89. The average molecular weight is 1220 g/mol. The molecule has 0 fully saturated rings. The number of hydrogen-bond acceptors (Lipinski definition) is 8. The maximum absolute atomic E-state index is 12.9. The Morgan fingerprint density at radius 2 is 0.607 bits per heavy atom. The lowest BCUT2D eigenvalue weighted by Crippen LogP contribution is -2.44. The van der Waals surface area contributed by atoms with Gasteiger partial charge in [-0.1, -0.05) is 258 Å².